The molecule has 2 N–H and O–H groups in total. The van der Waals surface area contributed by atoms with Gasteiger partial charge < -0.3 is 20.1 Å². The molecule has 6 nitrogen and oxygen atoms in total. The molecule has 2 aliphatic heterocycles. The minimum absolute atomic E-state index is 0.104. The highest BCUT2D eigenvalue weighted by molar-refractivity contribution is 5.73. The first kappa shape index (κ1) is 13.8. The second kappa shape index (κ2) is 6.49. The Bertz CT molecular complexity index is 405. The molecule has 0 bridgehead atoms. The van der Waals surface area contributed by atoms with E-state index in [0.29, 0.717) is 6.42 Å². The summed E-state index contributed by atoms with van der Waals surface area (Å²) in [7, 11) is 0. The van der Waals surface area contributed by atoms with E-state index < -0.39 is 5.97 Å². The molecule has 0 saturated carbocycles. The van der Waals surface area contributed by atoms with Crippen LogP contribution in [0.2, 0.25) is 0 Å². The molecular weight excluding hydrogens is 248 g/mol. The molecule has 2 unspecified atom stereocenters. The van der Waals surface area contributed by atoms with Gasteiger partial charge in [-0.2, -0.15) is 0 Å². The van der Waals surface area contributed by atoms with Crippen molar-refractivity contribution in [2.75, 3.05) is 13.2 Å². The van der Waals surface area contributed by atoms with Crippen molar-refractivity contribution in [3.63, 3.8) is 0 Å². The van der Waals surface area contributed by atoms with E-state index in [2.05, 4.69) is 0 Å². The maximum absolute atomic E-state index is 11.0. The lowest BCUT2D eigenvalue weighted by molar-refractivity contribution is -0.146. The molecule has 1 fully saturated rings. The third-order valence-corrected chi connectivity index (χ3v) is 3.11. The molecule has 0 radical (unpaired) electrons. The first-order valence-corrected chi connectivity index (χ1v) is 6.34. The summed E-state index contributed by atoms with van der Waals surface area (Å²) in [4.78, 5) is 23.6. The molecule has 0 amide bonds. The molecule has 0 spiro atoms. The summed E-state index contributed by atoms with van der Waals surface area (Å²) in [5.41, 5.74) is 5.88. The summed E-state index contributed by atoms with van der Waals surface area (Å²) in [5.74, 6) is -0.423. The van der Waals surface area contributed by atoms with Gasteiger partial charge in [-0.1, -0.05) is 6.08 Å². The van der Waals surface area contributed by atoms with Crippen LogP contribution in [0.3, 0.4) is 0 Å². The molecule has 0 aliphatic carbocycles. The minimum atomic E-state index is -0.423. The van der Waals surface area contributed by atoms with Gasteiger partial charge in [-0.05, 0) is 19.3 Å². The zero-order chi connectivity index (χ0) is 13.7. The van der Waals surface area contributed by atoms with Crippen molar-refractivity contribution in [2.45, 2.75) is 31.6 Å². The van der Waals surface area contributed by atoms with Crippen molar-refractivity contribution in [3.05, 3.63) is 24.0 Å². The molecule has 104 valence electrons. The summed E-state index contributed by atoms with van der Waals surface area (Å²) in [6.45, 7) is 0.116. The fourth-order valence-electron chi connectivity index (χ4n) is 2.13. The maximum atomic E-state index is 11.0. The second-order valence-electron chi connectivity index (χ2n) is 4.54. The summed E-state index contributed by atoms with van der Waals surface area (Å²) in [6.07, 6.45) is 8.58. The number of aldehydes is 1. The molecule has 0 aromatic heterocycles. The average Bonchev–Trinajstić information content (AvgIpc) is 2.93. The third-order valence-electron chi connectivity index (χ3n) is 3.11. The summed E-state index contributed by atoms with van der Waals surface area (Å²) in [6, 6.07) is 0. The molecule has 2 rings (SSSR count). The van der Waals surface area contributed by atoms with Crippen LogP contribution in [0.4, 0.5) is 0 Å². The minimum Gasteiger partial charge on any atom is -0.462 e. The quantitative estimate of drug-likeness (QED) is 0.569. The van der Waals surface area contributed by atoms with E-state index in [9.17, 15) is 9.59 Å². The second-order valence-corrected chi connectivity index (χ2v) is 4.54. The summed E-state index contributed by atoms with van der Waals surface area (Å²) in [5, 5.41) is 0. The van der Waals surface area contributed by atoms with Crippen molar-refractivity contribution < 1.29 is 19.1 Å². The molecule has 1 saturated heterocycles. The van der Waals surface area contributed by atoms with E-state index in [1.165, 1.54) is 0 Å². The Morgan fingerprint density at radius 2 is 2.42 bits per heavy atom. The lowest BCUT2D eigenvalue weighted by Gasteiger charge is -2.26. The number of hydrogen-bond donors (Lipinski definition) is 1. The van der Waals surface area contributed by atoms with E-state index in [0.717, 1.165) is 24.7 Å². The Kier molecular flexibility index (Phi) is 4.70. The maximum Gasteiger partial charge on any atom is 0.319 e. The largest absolute Gasteiger partial charge is 0.462 e. The number of carbonyl (C=O) groups is 2. The van der Waals surface area contributed by atoms with Gasteiger partial charge in [0.2, 0.25) is 0 Å². The van der Waals surface area contributed by atoms with Crippen LogP contribution in [0.5, 0.6) is 0 Å². The number of ether oxygens (including phenoxy) is 2. The highest BCUT2D eigenvalue weighted by Crippen LogP contribution is 2.25. The Morgan fingerprint density at radius 1 is 1.58 bits per heavy atom. The topological polar surface area (TPSA) is 81.9 Å². The Balaban J connectivity index is 1.83. The first-order chi connectivity index (χ1) is 9.22. The Hall–Kier alpha value is -1.66. The van der Waals surface area contributed by atoms with Crippen LogP contribution >= 0.6 is 0 Å². The SMILES string of the molecule is NCC(=O)OCC1CCC(N2C=CCC(C=O)=C2)O1. The predicted octanol–water partition coefficient (Wildman–Crippen LogP) is 0.296. The molecule has 2 heterocycles. The van der Waals surface area contributed by atoms with Gasteiger partial charge in [0, 0.05) is 18.0 Å². The zero-order valence-electron chi connectivity index (χ0n) is 10.7. The molecule has 6 heteroatoms. The lowest BCUT2D eigenvalue weighted by Crippen LogP contribution is -2.30. The van der Waals surface area contributed by atoms with Crippen molar-refractivity contribution in [2.24, 2.45) is 5.73 Å². The lowest BCUT2D eigenvalue weighted by atomic mass is 10.1. The van der Waals surface area contributed by atoms with E-state index >= 15 is 0 Å². The smallest absolute Gasteiger partial charge is 0.319 e. The van der Waals surface area contributed by atoms with E-state index in [1.54, 1.807) is 6.20 Å². The number of esters is 1. The standard InChI is InChI=1S/C13H18N2O4/c14-6-13(17)18-9-11-3-4-12(19-11)15-5-1-2-10(7-15)8-16/h1,5,7-8,11-12H,2-4,6,9,14H2. The summed E-state index contributed by atoms with van der Waals surface area (Å²) < 4.78 is 10.7. The third kappa shape index (κ3) is 3.65. The molecular formula is C13H18N2O4. The van der Waals surface area contributed by atoms with E-state index in [4.69, 9.17) is 15.2 Å². The van der Waals surface area contributed by atoms with Gasteiger partial charge in [-0.15, -0.1) is 0 Å². The molecule has 19 heavy (non-hydrogen) atoms. The van der Waals surface area contributed by atoms with Gasteiger partial charge in [0.25, 0.3) is 0 Å². The van der Waals surface area contributed by atoms with Gasteiger partial charge in [0.1, 0.15) is 19.1 Å². The van der Waals surface area contributed by atoms with Crippen LogP contribution in [0, 0.1) is 0 Å². The van der Waals surface area contributed by atoms with Crippen LogP contribution in [-0.2, 0) is 19.1 Å². The number of hydrogen-bond acceptors (Lipinski definition) is 6. The van der Waals surface area contributed by atoms with Crippen molar-refractivity contribution >= 4 is 12.3 Å². The Labute approximate surface area is 111 Å². The van der Waals surface area contributed by atoms with E-state index in [-0.39, 0.29) is 25.5 Å². The summed E-state index contributed by atoms with van der Waals surface area (Å²) >= 11 is 0. The highest BCUT2D eigenvalue weighted by atomic mass is 16.6. The monoisotopic (exact) mass is 266 g/mol. The van der Waals surface area contributed by atoms with Gasteiger partial charge in [-0.3, -0.25) is 9.59 Å². The predicted molar refractivity (Wildman–Crippen MR) is 67.7 cm³/mol. The molecule has 2 atom stereocenters. The van der Waals surface area contributed by atoms with Crippen molar-refractivity contribution in [3.8, 4) is 0 Å². The molecule has 0 aromatic rings. The number of rotatable bonds is 5. The first-order valence-electron chi connectivity index (χ1n) is 6.34. The number of allylic oxidation sites excluding steroid dienone is 2. The average molecular weight is 266 g/mol. The number of nitrogens with zero attached hydrogens (tertiary/aromatic N) is 1. The fourth-order valence-corrected chi connectivity index (χ4v) is 2.13. The van der Waals surface area contributed by atoms with Crippen LogP contribution in [0.25, 0.3) is 0 Å². The van der Waals surface area contributed by atoms with Crippen LogP contribution in [0.15, 0.2) is 24.0 Å². The number of carbonyl (C=O) groups excluding carboxylic acids is 2. The normalized spacial score (nSPS) is 26.2. The van der Waals surface area contributed by atoms with Crippen LogP contribution < -0.4 is 5.73 Å². The highest BCUT2D eigenvalue weighted by Gasteiger charge is 2.29. The Morgan fingerprint density at radius 3 is 3.16 bits per heavy atom. The van der Waals surface area contributed by atoms with Gasteiger partial charge in [-0.25, -0.2) is 0 Å². The number of nitrogens with two attached hydrogens (primary N) is 1. The van der Waals surface area contributed by atoms with Crippen LogP contribution in [-0.4, -0.2) is 42.6 Å². The van der Waals surface area contributed by atoms with Crippen molar-refractivity contribution in [1.29, 1.82) is 0 Å². The zero-order valence-corrected chi connectivity index (χ0v) is 10.7. The molecule has 0 aromatic carbocycles. The van der Waals surface area contributed by atoms with E-state index in [1.807, 2.05) is 17.2 Å². The van der Waals surface area contributed by atoms with Gasteiger partial charge in [0.05, 0.1) is 12.6 Å². The van der Waals surface area contributed by atoms with Gasteiger partial charge in [0.15, 0.2) is 0 Å². The van der Waals surface area contributed by atoms with Crippen LogP contribution in [0.1, 0.15) is 19.3 Å². The molecule has 2 aliphatic rings. The van der Waals surface area contributed by atoms with Crippen molar-refractivity contribution in [1.82, 2.24) is 4.90 Å². The fraction of sp³-hybridized carbons (Fsp3) is 0.538. The van der Waals surface area contributed by atoms with Gasteiger partial charge >= 0.3 is 5.97 Å².